The maximum absolute atomic E-state index is 13.7. The van der Waals surface area contributed by atoms with E-state index in [4.69, 9.17) is 0 Å². The van der Waals surface area contributed by atoms with Gasteiger partial charge in [-0.2, -0.15) is 18.2 Å². The van der Waals surface area contributed by atoms with E-state index in [1.807, 2.05) is 48.5 Å². The van der Waals surface area contributed by atoms with Crippen molar-refractivity contribution < 1.29 is 13.2 Å². The van der Waals surface area contributed by atoms with Gasteiger partial charge in [-0.25, -0.2) is 4.98 Å². The lowest BCUT2D eigenvalue weighted by molar-refractivity contribution is -0.137. The Kier molecular flexibility index (Phi) is 6.84. The van der Waals surface area contributed by atoms with Crippen molar-refractivity contribution in [2.75, 3.05) is 23.9 Å². The van der Waals surface area contributed by atoms with Crippen molar-refractivity contribution in [3.8, 4) is 0 Å². The van der Waals surface area contributed by atoms with Gasteiger partial charge in [0.2, 0.25) is 5.95 Å². The van der Waals surface area contributed by atoms with Crippen LogP contribution in [0.5, 0.6) is 0 Å². The Morgan fingerprint density at radius 2 is 1.47 bits per heavy atom. The van der Waals surface area contributed by atoms with Crippen LogP contribution in [0.15, 0.2) is 54.7 Å². The van der Waals surface area contributed by atoms with Gasteiger partial charge in [-0.15, -0.1) is 0 Å². The van der Waals surface area contributed by atoms with E-state index >= 15 is 0 Å². The monoisotopic (exact) mass is 526 g/mol. The fourth-order valence-corrected chi connectivity index (χ4v) is 3.42. The molecule has 0 unspecified atom stereocenters. The van der Waals surface area contributed by atoms with Crippen molar-refractivity contribution >= 4 is 45.7 Å². The van der Waals surface area contributed by atoms with Gasteiger partial charge in [-0.3, -0.25) is 0 Å². The lowest BCUT2D eigenvalue weighted by Crippen LogP contribution is -2.21. The molecule has 3 aromatic rings. The van der Waals surface area contributed by atoms with Gasteiger partial charge in [0.25, 0.3) is 0 Å². The smallest absolute Gasteiger partial charge is 0.329 e. The van der Waals surface area contributed by atoms with Gasteiger partial charge in [0, 0.05) is 35.2 Å². The van der Waals surface area contributed by atoms with E-state index < -0.39 is 11.7 Å². The predicted octanol–water partition coefficient (Wildman–Crippen LogP) is 6.59. The second-order valence-corrected chi connectivity index (χ2v) is 8.16. The normalized spacial score (nSPS) is 11.4. The molecule has 4 nitrogen and oxygen atoms in total. The Labute approximate surface area is 187 Å². The Bertz CT molecular complexity index is 989. The highest BCUT2D eigenvalue weighted by Crippen LogP contribution is 2.38. The standard InChI is InChI=1S/C22H22F3IN4/c1-4-5-15-6-10-17(11-7-15)29(2)20-19(22(23,24)25)14-27-21(28-20)30(3)18-12-8-16(26)9-13-18/h6-14H,4-5H2,1-3H3. The molecule has 0 aliphatic heterocycles. The summed E-state index contributed by atoms with van der Waals surface area (Å²) < 4.78 is 42.1. The van der Waals surface area contributed by atoms with Gasteiger partial charge < -0.3 is 9.80 Å². The van der Waals surface area contributed by atoms with E-state index in [9.17, 15) is 13.2 Å². The summed E-state index contributed by atoms with van der Waals surface area (Å²) >= 11 is 2.19. The molecule has 0 N–H and O–H groups in total. The molecular formula is C22H22F3IN4. The Balaban J connectivity index is 2.01. The van der Waals surface area contributed by atoms with Gasteiger partial charge >= 0.3 is 6.18 Å². The zero-order valence-corrected chi connectivity index (χ0v) is 19.1. The van der Waals surface area contributed by atoms with Crippen LogP contribution in [0, 0.1) is 3.57 Å². The Morgan fingerprint density at radius 3 is 2.03 bits per heavy atom. The summed E-state index contributed by atoms with van der Waals surface area (Å²) in [5.41, 5.74) is 1.68. The molecule has 3 rings (SSSR count). The lowest BCUT2D eigenvalue weighted by Gasteiger charge is -2.25. The molecule has 2 aromatic carbocycles. The highest BCUT2D eigenvalue weighted by molar-refractivity contribution is 14.1. The number of anilines is 4. The van der Waals surface area contributed by atoms with E-state index in [1.165, 1.54) is 4.90 Å². The molecule has 0 spiro atoms. The first kappa shape index (κ1) is 22.3. The number of halogens is 4. The number of rotatable bonds is 6. The maximum Gasteiger partial charge on any atom is 0.421 e. The molecule has 0 fully saturated rings. The molecule has 0 saturated carbocycles. The number of alkyl halides is 3. The summed E-state index contributed by atoms with van der Waals surface area (Å²) in [5, 5.41) is 0. The summed E-state index contributed by atoms with van der Waals surface area (Å²) in [6.07, 6.45) is -1.78. The van der Waals surface area contributed by atoms with Gasteiger partial charge in [-0.1, -0.05) is 25.5 Å². The number of aromatic nitrogens is 2. The van der Waals surface area contributed by atoms with Gasteiger partial charge in [0.05, 0.1) is 0 Å². The van der Waals surface area contributed by atoms with Crippen LogP contribution >= 0.6 is 22.6 Å². The highest BCUT2D eigenvalue weighted by Gasteiger charge is 2.37. The molecule has 30 heavy (non-hydrogen) atoms. The van der Waals surface area contributed by atoms with Crippen molar-refractivity contribution in [1.82, 2.24) is 9.97 Å². The topological polar surface area (TPSA) is 32.3 Å². The molecule has 0 aliphatic carbocycles. The van der Waals surface area contributed by atoms with E-state index in [2.05, 4.69) is 39.5 Å². The first-order valence-corrected chi connectivity index (χ1v) is 10.5. The SMILES string of the molecule is CCCc1ccc(N(C)c2nc(N(C)c3ccc(I)cc3)ncc2C(F)(F)F)cc1. The molecule has 0 saturated heterocycles. The minimum Gasteiger partial charge on any atom is -0.329 e. The summed E-state index contributed by atoms with van der Waals surface area (Å²) in [5.74, 6) is 0.00163. The molecule has 1 aromatic heterocycles. The minimum atomic E-state index is -4.56. The molecule has 1 heterocycles. The summed E-state index contributed by atoms with van der Waals surface area (Å²) in [4.78, 5) is 11.4. The Hall–Kier alpha value is -2.36. The zero-order valence-electron chi connectivity index (χ0n) is 16.9. The minimum absolute atomic E-state index is 0.187. The largest absolute Gasteiger partial charge is 0.421 e. The van der Waals surface area contributed by atoms with E-state index in [-0.39, 0.29) is 11.8 Å². The van der Waals surface area contributed by atoms with Crippen LogP contribution in [0.25, 0.3) is 0 Å². The van der Waals surface area contributed by atoms with Crippen LogP contribution in [0.2, 0.25) is 0 Å². The number of nitrogens with zero attached hydrogens (tertiary/aromatic N) is 4. The van der Waals surface area contributed by atoms with Crippen LogP contribution < -0.4 is 9.80 Å². The maximum atomic E-state index is 13.7. The third kappa shape index (κ3) is 5.03. The summed E-state index contributed by atoms with van der Waals surface area (Å²) in [7, 11) is 3.31. The average Bonchev–Trinajstić information content (AvgIpc) is 2.73. The number of hydrogen-bond acceptors (Lipinski definition) is 4. The third-order valence-corrected chi connectivity index (χ3v) is 5.47. The first-order chi connectivity index (χ1) is 14.2. The second kappa shape index (κ2) is 9.20. The van der Waals surface area contributed by atoms with Crippen molar-refractivity contribution in [2.45, 2.75) is 25.9 Å². The first-order valence-electron chi connectivity index (χ1n) is 9.47. The van der Waals surface area contributed by atoms with Crippen molar-refractivity contribution in [2.24, 2.45) is 0 Å². The quantitative estimate of drug-likeness (QED) is 0.340. The average molecular weight is 526 g/mol. The number of hydrogen-bond donors (Lipinski definition) is 0. The lowest BCUT2D eigenvalue weighted by atomic mass is 10.1. The van der Waals surface area contributed by atoms with Crippen molar-refractivity contribution in [3.63, 3.8) is 0 Å². The fraction of sp³-hybridized carbons (Fsp3) is 0.273. The van der Waals surface area contributed by atoms with E-state index in [0.717, 1.165) is 33.9 Å². The second-order valence-electron chi connectivity index (χ2n) is 6.92. The summed E-state index contributed by atoms with van der Waals surface area (Å²) in [6, 6.07) is 15.1. The van der Waals surface area contributed by atoms with Crippen molar-refractivity contribution in [1.29, 1.82) is 0 Å². The van der Waals surface area contributed by atoms with Gasteiger partial charge in [0.15, 0.2) is 5.82 Å². The van der Waals surface area contributed by atoms with Gasteiger partial charge in [0.1, 0.15) is 5.56 Å². The highest BCUT2D eigenvalue weighted by atomic mass is 127. The van der Waals surface area contributed by atoms with E-state index in [1.54, 1.807) is 19.0 Å². The molecule has 8 heteroatoms. The molecular weight excluding hydrogens is 504 g/mol. The number of benzene rings is 2. The van der Waals surface area contributed by atoms with Crippen LogP contribution in [0.1, 0.15) is 24.5 Å². The Morgan fingerprint density at radius 1 is 0.900 bits per heavy atom. The van der Waals surface area contributed by atoms with Crippen LogP contribution in [-0.2, 0) is 12.6 Å². The predicted molar refractivity (Wildman–Crippen MR) is 123 cm³/mol. The third-order valence-electron chi connectivity index (χ3n) is 4.76. The van der Waals surface area contributed by atoms with E-state index in [0.29, 0.717) is 5.69 Å². The van der Waals surface area contributed by atoms with Crippen LogP contribution in [0.3, 0.4) is 0 Å². The fourth-order valence-electron chi connectivity index (χ4n) is 3.06. The molecule has 158 valence electrons. The zero-order chi connectivity index (χ0) is 21.9. The summed E-state index contributed by atoms with van der Waals surface area (Å²) in [6.45, 7) is 2.09. The number of aryl methyl sites for hydroxylation is 1. The molecule has 0 radical (unpaired) electrons. The molecule has 0 aliphatic rings. The molecule has 0 atom stereocenters. The molecule has 0 amide bonds. The van der Waals surface area contributed by atoms with Crippen LogP contribution in [-0.4, -0.2) is 24.1 Å². The van der Waals surface area contributed by atoms with Gasteiger partial charge in [-0.05, 0) is 71.0 Å². The molecule has 0 bridgehead atoms. The van der Waals surface area contributed by atoms with Crippen molar-refractivity contribution in [3.05, 3.63) is 69.4 Å². The van der Waals surface area contributed by atoms with Crippen LogP contribution in [0.4, 0.5) is 36.3 Å².